The van der Waals surface area contributed by atoms with Crippen LogP contribution in [0.25, 0.3) is 0 Å². The van der Waals surface area contributed by atoms with Crippen LogP contribution in [0.4, 0.5) is 11.4 Å². The molecular formula is C25H28N2O2. The molecule has 4 heteroatoms. The number of hydrogen-bond donors (Lipinski definition) is 2. The van der Waals surface area contributed by atoms with E-state index in [2.05, 4.69) is 41.0 Å². The molecule has 0 heterocycles. The highest BCUT2D eigenvalue weighted by Gasteiger charge is 2.04. The van der Waals surface area contributed by atoms with Gasteiger partial charge >= 0.3 is 0 Å². The quantitative estimate of drug-likeness (QED) is 0.485. The summed E-state index contributed by atoms with van der Waals surface area (Å²) in [5, 5.41) is 6.09. The number of carbonyl (C=O) groups is 1. The predicted molar refractivity (Wildman–Crippen MR) is 120 cm³/mol. The minimum atomic E-state index is -0.0922. The zero-order chi connectivity index (χ0) is 20.5. The summed E-state index contributed by atoms with van der Waals surface area (Å²) in [5.74, 6) is 0.670. The average Bonchev–Trinajstić information content (AvgIpc) is 2.70. The van der Waals surface area contributed by atoms with Crippen molar-refractivity contribution in [2.45, 2.75) is 26.7 Å². The lowest BCUT2D eigenvalue weighted by Gasteiger charge is -2.11. The highest BCUT2D eigenvalue weighted by Crippen LogP contribution is 2.18. The predicted octanol–water partition coefficient (Wildman–Crippen LogP) is 5.37. The van der Waals surface area contributed by atoms with E-state index >= 15 is 0 Å². The number of ether oxygens (including phenoxy) is 1. The van der Waals surface area contributed by atoms with Crippen molar-refractivity contribution in [2.24, 2.45) is 0 Å². The third kappa shape index (κ3) is 7.00. The molecule has 0 bridgehead atoms. The van der Waals surface area contributed by atoms with Gasteiger partial charge in [0, 0.05) is 17.4 Å². The summed E-state index contributed by atoms with van der Waals surface area (Å²) >= 11 is 0. The van der Waals surface area contributed by atoms with Crippen LogP contribution in [0.1, 0.15) is 23.1 Å². The van der Waals surface area contributed by atoms with Gasteiger partial charge in [0.15, 0.2) is 0 Å². The van der Waals surface area contributed by atoms with Gasteiger partial charge in [0.2, 0.25) is 5.91 Å². The summed E-state index contributed by atoms with van der Waals surface area (Å²) in [5.41, 5.74) is 5.34. The Balaban J connectivity index is 1.44. The first-order chi connectivity index (χ1) is 14.1. The number of rotatable bonds is 9. The Labute approximate surface area is 172 Å². The molecule has 2 N–H and O–H groups in total. The first kappa shape index (κ1) is 20.5. The van der Waals surface area contributed by atoms with Crippen LogP contribution < -0.4 is 15.4 Å². The Morgan fingerprint density at radius 2 is 1.62 bits per heavy atom. The SMILES string of the molecule is Cc1cc(C)cc(NCC(=O)Nc2cccc(OCCCc3ccccc3)c2)c1. The van der Waals surface area contributed by atoms with E-state index in [1.54, 1.807) is 0 Å². The molecule has 0 spiro atoms. The number of nitrogens with one attached hydrogen (secondary N) is 2. The van der Waals surface area contributed by atoms with Gasteiger partial charge in [-0.2, -0.15) is 0 Å². The van der Waals surface area contributed by atoms with Crippen molar-refractivity contribution in [3.05, 3.63) is 89.5 Å². The zero-order valence-electron chi connectivity index (χ0n) is 17.1. The molecule has 0 aliphatic rings. The van der Waals surface area contributed by atoms with Gasteiger partial charge in [-0.25, -0.2) is 0 Å². The van der Waals surface area contributed by atoms with Gasteiger partial charge in [0.05, 0.1) is 13.2 Å². The van der Waals surface area contributed by atoms with Crippen LogP contribution in [0.5, 0.6) is 5.75 Å². The van der Waals surface area contributed by atoms with Crippen molar-refractivity contribution in [1.82, 2.24) is 0 Å². The second kappa shape index (κ2) is 10.3. The van der Waals surface area contributed by atoms with Gasteiger partial charge in [0.1, 0.15) is 5.75 Å². The zero-order valence-corrected chi connectivity index (χ0v) is 17.1. The van der Waals surface area contributed by atoms with Crippen LogP contribution in [0, 0.1) is 13.8 Å². The molecule has 3 aromatic carbocycles. The number of carbonyl (C=O) groups excluding carboxylic acids is 1. The summed E-state index contributed by atoms with van der Waals surface area (Å²) in [6, 6.07) is 24.1. The van der Waals surface area contributed by atoms with Crippen LogP contribution in [-0.2, 0) is 11.2 Å². The number of anilines is 2. The molecule has 1 amide bonds. The van der Waals surface area contributed by atoms with E-state index in [9.17, 15) is 4.79 Å². The lowest BCUT2D eigenvalue weighted by atomic mass is 10.1. The highest BCUT2D eigenvalue weighted by molar-refractivity contribution is 5.93. The van der Waals surface area contributed by atoms with Gasteiger partial charge in [-0.3, -0.25) is 4.79 Å². The number of amides is 1. The molecule has 3 aromatic rings. The average molecular weight is 389 g/mol. The van der Waals surface area contributed by atoms with Crippen LogP contribution >= 0.6 is 0 Å². The molecule has 0 aromatic heterocycles. The van der Waals surface area contributed by atoms with E-state index in [4.69, 9.17) is 4.74 Å². The fourth-order valence-electron chi connectivity index (χ4n) is 3.24. The smallest absolute Gasteiger partial charge is 0.243 e. The lowest BCUT2D eigenvalue weighted by Crippen LogP contribution is -2.21. The Morgan fingerprint density at radius 3 is 2.38 bits per heavy atom. The number of benzene rings is 3. The third-order valence-electron chi connectivity index (χ3n) is 4.51. The first-order valence-corrected chi connectivity index (χ1v) is 9.97. The molecule has 0 saturated heterocycles. The fourth-order valence-corrected chi connectivity index (χ4v) is 3.24. The molecule has 0 aliphatic heterocycles. The Bertz CT molecular complexity index is 918. The maximum atomic E-state index is 12.3. The minimum absolute atomic E-state index is 0.0922. The van der Waals surface area contributed by atoms with E-state index in [0.29, 0.717) is 6.61 Å². The first-order valence-electron chi connectivity index (χ1n) is 9.97. The van der Waals surface area contributed by atoms with Crippen molar-refractivity contribution in [3.8, 4) is 5.75 Å². The van der Waals surface area contributed by atoms with E-state index in [1.165, 1.54) is 16.7 Å². The molecule has 0 unspecified atom stereocenters. The van der Waals surface area contributed by atoms with Crippen molar-refractivity contribution in [3.63, 3.8) is 0 Å². The third-order valence-corrected chi connectivity index (χ3v) is 4.51. The number of hydrogen-bond acceptors (Lipinski definition) is 3. The molecule has 0 aliphatic carbocycles. The van der Waals surface area contributed by atoms with Crippen molar-refractivity contribution in [2.75, 3.05) is 23.8 Å². The second-order valence-electron chi connectivity index (χ2n) is 7.24. The normalized spacial score (nSPS) is 10.4. The van der Waals surface area contributed by atoms with Crippen LogP contribution in [0.2, 0.25) is 0 Å². The molecular weight excluding hydrogens is 360 g/mol. The summed E-state index contributed by atoms with van der Waals surface area (Å²) < 4.78 is 5.84. The Kier molecular flexibility index (Phi) is 7.28. The second-order valence-corrected chi connectivity index (χ2v) is 7.24. The summed E-state index contributed by atoms with van der Waals surface area (Å²) in [4.78, 5) is 12.3. The van der Waals surface area contributed by atoms with Gasteiger partial charge in [-0.15, -0.1) is 0 Å². The van der Waals surface area contributed by atoms with Gasteiger partial charge in [-0.05, 0) is 67.6 Å². The van der Waals surface area contributed by atoms with Gasteiger partial charge in [-0.1, -0.05) is 42.5 Å². The van der Waals surface area contributed by atoms with Crippen LogP contribution in [0.15, 0.2) is 72.8 Å². The van der Waals surface area contributed by atoms with Crippen LogP contribution in [0.3, 0.4) is 0 Å². The van der Waals surface area contributed by atoms with Gasteiger partial charge in [0.25, 0.3) is 0 Å². The molecule has 0 atom stereocenters. The van der Waals surface area contributed by atoms with E-state index in [-0.39, 0.29) is 12.5 Å². The van der Waals surface area contributed by atoms with Gasteiger partial charge < -0.3 is 15.4 Å². The van der Waals surface area contributed by atoms with Crippen molar-refractivity contribution < 1.29 is 9.53 Å². The Morgan fingerprint density at radius 1 is 0.862 bits per heavy atom. The summed E-state index contributed by atoms with van der Waals surface area (Å²) in [6.45, 7) is 4.94. The highest BCUT2D eigenvalue weighted by atomic mass is 16.5. The number of aryl methyl sites for hydroxylation is 3. The summed E-state index contributed by atoms with van der Waals surface area (Å²) in [7, 11) is 0. The molecule has 4 nitrogen and oxygen atoms in total. The summed E-state index contributed by atoms with van der Waals surface area (Å²) in [6.07, 6.45) is 1.93. The maximum Gasteiger partial charge on any atom is 0.243 e. The Hall–Kier alpha value is -3.27. The van der Waals surface area contributed by atoms with E-state index < -0.39 is 0 Å². The lowest BCUT2D eigenvalue weighted by molar-refractivity contribution is -0.114. The molecule has 0 fully saturated rings. The fraction of sp³-hybridized carbons (Fsp3) is 0.240. The standard InChI is InChI=1S/C25H28N2O2/c1-19-14-20(2)16-23(15-19)26-18-25(28)27-22-11-6-12-24(17-22)29-13-7-10-21-8-4-3-5-9-21/h3-6,8-9,11-12,14-17,26H,7,10,13,18H2,1-2H3,(H,27,28). The molecule has 0 saturated carbocycles. The molecule has 3 rings (SSSR count). The monoisotopic (exact) mass is 388 g/mol. The molecule has 150 valence electrons. The largest absolute Gasteiger partial charge is 0.494 e. The minimum Gasteiger partial charge on any atom is -0.494 e. The maximum absolute atomic E-state index is 12.3. The van der Waals surface area contributed by atoms with E-state index in [0.717, 1.165) is 30.0 Å². The van der Waals surface area contributed by atoms with Crippen molar-refractivity contribution in [1.29, 1.82) is 0 Å². The molecule has 0 radical (unpaired) electrons. The van der Waals surface area contributed by atoms with Crippen LogP contribution in [-0.4, -0.2) is 19.1 Å². The van der Waals surface area contributed by atoms with E-state index in [1.807, 2.05) is 56.3 Å². The molecule has 29 heavy (non-hydrogen) atoms. The topological polar surface area (TPSA) is 50.4 Å². The van der Waals surface area contributed by atoms with Crippen molar-refractivity contribution >= 4 is 17.3 Å².